The van der Waals surface area contributed by atoms with Crippen LogP contribution in [0.2, 0.25) is 0 Å². The summed E-state index contributed by atoms with van der Waals surface area (Å²) in [6.07, 6.45) is 6.47. The molecule has 3 aromatic heterocycles. The molecule has 1 aromatic carbocycles. The summed E-state index contributed by atoms with van der Waals surface area (Å²) in [6, 6.07) is 12.4. The highest BCUT2D eigenvalue weighted by atomic mass is 16.3. The summed E-state index contributed by atoms with van der Waals surface area (Å²) < 4.78 is 5.67. The van der Waals surface area contributed by atoms with Crippen LogP contribution in [-0.4, -0.2) is 33.3 Å². The van der Waals surface area contributed by atoms with Crippen LogP contribution in [0.15, 0.2) is 51.9 Å². The van der Waals surface area contributed by atoms with Crippen LogP contribution in [0.4, 0.5) is 5.95 Å². The van der Waals surface area contributed by atoms with Gasteiger partial charge in [0, 0.05) is 19.1 Å². The molecule has 0 unspecified atom stereocenters. The molecule has 4 heterocycles. The zero-order chi connectivity index (χ0) is 22.2. The van der Waals surface area contributed by atoms with Gasteiger partial charge in [0.05, 0.1) is 17.4 Å². The Morgan fingerprint density at radius 2 is 1.91 bits per heavy atom. The van der Waals surface area contributed by atoms with Gasteiger partial charge in [0.25, 0.3) is 5.56 Å². The van der Waals surface area contributed by atoms with Crippen molar-refractivity contribution in [2.24, 2.45) is 11.1 Å². The summed E-state index contributed by atoms with van der Waals surface area (Å²) in [5, 5.41) is 8.07. The number of nitrogens with two attached hydrogens (primary N) is 1. The van der Waals surface area contributed by atoms with E-state index in [-0.39, 0.29) is 22.4 Å². The minimum Gasteiger partial charge on any atom is -0.468 e. The van der Waals surface area contributed by atoms with E-state index >= 15 is 0 Å². The van der Waals surface area contributed by atoms with Gasteiger partial charge in [-0.15, -0.1) is 0 Å². The smallest absolute Gasteiger partial charge is 0.263 e. The number of furan rings is 1. The molecular weight excluding hydrogens is 416 g/mol. The Balaban J connectivity index is 1.17. The Morgan fingerprint density at radius 1 is 1.09 bits per heavy atom. The molecule has 1 atom stereocenters. The molecule has 0 amide bonds. The number of aromatic nitrogens is 4. The standard InChI is InChI=1S/C25H26N6O2/c26-19-16-5-2-1-4-15(16)14-24(19)9-11-31(12-10-24)23-27-21-18(22(32)28-23)20(29-30-21)25(7-8-25)17-6-3-13-33-17/h1-6,13,19H,7-12,14,26H2,(H2,27,28,29,30,32)/t19-/m1/s1. The van der Waals surface area contributed by atoms with Crippen molar-refractivity contribution in [2.45, 2.75) is 43.6 Å². The molecule has 3 aliphatic rings. The summed E-state index contributed by atoms with van der Waals surface area (Å²) in [4.78, 5) is 23.2. The first-order valence-electron chi connectivity index (χ1n) is 11.7. The van der Waals surface area contributed by atoms with Crippen molar-refractivity contribution in [2.75, 3.05) is 18.0 Å². The van der Waals surface area contributed by atoms with Crippen molar-refractivity contribution < 1.29 is 4.42 Å². The van der Waals surface area contributed by atoms with E-state index in [9.17, 15) is 4.79 Å². The molecule has 1 aliphatic heterocycles. The number of anilines is 1. The maximum Gasteiger partial charge on any atom is 0.263 e. The minimum atomic E-state index is -0.316. The quantitative estimate of drug-likeness (QED) is 0.449. The maximum absolute atomic E-state index is 13.2. The van der Waals surface area contributed by atoms with Crippen LogP contribution in [-0.2, 0) is 11.8 Å². The second-order valence-electron chi connectivity index (χ2n) is 9.95. The third kappa shape index (κ3) is 2.64. The third-order valence-electron chi connectivity index (χ3n) is 8.26. The fourth-order valence-corrected chi connectivity index (χ4v) is 6.17. The number of piperidine rings is 1. The molecule has 8 heteroatoms. The number of hydrogen-bond acceptors (Lipinski definition) is 6. The summed E-state index contributed by atoms with van der Waals surface area (Å²) in [6.45, 7) is 1.63. The van der Waals surface area contributed by atoms with Crippen molar-refractivity contribution in [3.05, 3.63) is 75.6 Å². The summed E-state index contributed by atoms with van der Waals surface area (Å²) >= 11 is 0. The Morgan fingerprint density at radius 3 is 2.64 bits per heavy atom. The highest BCUT2D eigenvalue weighted by molar-refractivity contribution is 5.80. The second-order valence-corrected chi connectivity index (χ2v) is 9.95. The van der Waals surface area contributed by atoms with Crippen LogP contribution in [0.1, 0.15) is 54.3 Å². The SMILES string of the molecule is N[C@@H]1c2ccccc2CC12CCN(c1nc3[nH]nc(C4(c5ccco5)CC4)c3c(=O)[nH]1)CC2. The Hall–Kier alpha value is -3.39. The fraction of sp³-hybridized carbons (Fsp3) is 0.400. The number of hydrogen-bond donors (Lipinski definition) is 3. The van der Waals surface area contributed by atoms with Gasteiger partial charge in [-0.25, -0.2) is 0 Å². The predicted molar refractivity (Wildman–Crippen MR) is 124 cm³/mol. The summed E-state index contributed by atoms with van der Waals surface area (Å²) in [5.74, 6) is 1.46. The lowest BCUT2D eigenvalue weighted by atomic mass is 9.73. The highest BCUT2D eigenvalue weighted by Crippen LogP contribution is 2.54. The third-order valence-corrected chi connectivity index (χ3v) is 8.26. The van der Waals surface area contributed by atoms with Gasteiger partial charge < -0.3 is 15.1 Å². The van der Waals surface area contributed by atoms with Gasteiger partial charge in [0.1, 0.15) is 11.1 Å². The van der Waals surface area contributed by atoms with Crippen molar-refractivity contribution in [1.82, 2.24) is 20.2 Å². The number of nitrogens with one attached hydrogen (secondary N) is 2. The first-order valence-corrected chi connectivity index (χ1v) is 11.7. The number of H-pyrrole nitrogens is 2. The van der Waals surface area contributed by atoms with Gasteiger partial charge in [0.2, 0.25) is 5.95 Å². The molecule has 2 aliphatic carbocycles. The zero-order valence-corrected chi connectivity index (χ0v) is 18.3. The minimum absolute atomic E-state index is 0.0665. The molecule has 2 fully saturated rings. The summed E-state index contributed by atoms with van der Waals surface area (Å²) in [7, 11) is 0. The fourth-order valence-electron chi connectivity index (χ4n) is 6.17. The van der Waals surface area contributed by atoms with Gasteiger partial charge in [0.15, 0.2) is 5.65 Å². The van der Waals surface area contributed by atoms with E-state index in [0.717, 1.165) is 56.6 Å². The lowest BCUT2D eigenvalue weighted by Gasteiger charge is -2.42. The maximum atomic E-state index is 13.2. The molecule has 7 rings (SSSR count). The van der Waals surface area contributed by atoms with Crippen molar-refractivity contribution in [1.29, 1.82) is 0 Å². The van der Waals surface area contributed by atoms with Gasteiger partial charge in [-0.3, -0.25) is 14.9 Å². The van der Waals surface area contributed by atoms with Crippen LogP contribution in [0.25, 0.3) is 11.0 Å². The average molecular weight is 443 g/mol. The van der Waals surface area contributed by atoms with Crippen molar-refractivity contribution in [3.8, 4) is 0 Å². The molecule has 33 heavy (non-hydrogen) atoms. The van der Waals surface area contributed by atoms with E-state index in [4.69, 9.17) is 15.1 Å². The first kappa shape index (κ1) is 19.1. The Labute approximate surface area is 190 Å². The zero-order valence-electron chi connectivity index (χ0n) is 18.3. The van der Waals surface area contributed by atoms with Crippen molar-refractivity contribution in [3.63, 3.8) is 0 Å². The number of benzene rings is 1. The predicted octanol–water partition coefficient (Wildman–Crippen LogP) is 3.16. The van der Waals surface area contributed by atoms with E-state index < -0.39 is 0 Å². The first-order chi connectivity index (χ1) is 16.1. The molecule has 4 aromatic rings. The van der Waals surface area contributed by atoms with Crippen LogP contribution in [0.3, 0.4) is 0 Å². The Kier molecular flexibility index (Phi) is 3.81. The second kappa shape index (κ2) is 6.57. The molecule has 0 bridgehead atoms. The topological polar surface area (TPSA) is 117 Å². The lowest BCUT2D eigenvalue weighted by Crippen LogP contribution is -2.45. The van der Waals surface area contributed by atoms with Crippen LogP contribution < -0.4 is 16.2 Å². The van der Waals surface area contributed by atoms with Crippen LogP contribution >= 0.6 is 0 Å². The molecule has 0 radical (unpaired) electrons. The monoisotopic (exact) mass is 442 g/mol. The van der Waals surface area contributed by atoms with E-state index in [1.54, 1.807) is 6.26 Å². The number of aromatic amines is 2. The van der Waals surface area contributed by atoms with Gasteiger partial charge in [-0.1, -0.05) is 24.3 Å². The average Bonchev–Trinajstić information content (AvgIpc) is 3.17. The van der Waals surface area contributed by atoms with E-state index in [2.05, 4.69) is 44.3 Å². The molecule has 4 N–H and O–H groups in total. The molecule has 8 nitrogen and oxygen atoms in total. The van der Waals surface area contributed by atoms with E-state index in [0.29, 0.717) is 17.0 Å². The normalized spacial score (nSPS) is 22.7. The molecule has 1 saturated heterocycles. The van der Waals surface area contributed by atoms with Gasteiger partial charge in [-0.05, 0) is 60.8 Å². The highest BCUT2D eigenvalue weighted by Gasteiger charge is 2.52. The molecule has 168 valence electrons. The number of nitrogens with zero attached hydrogens (tertiary/aromatic N) is 3. The van der Waals surface area contributed by atoms with Gasteiger partial charge >= 0.3 is 0 Å². The number of rotatable bonds is 3. The van der Waals surface area contributed by atoms with Crippen LogP contribution in [0, 0.1) is 5.41 Å². The summed E-state index contributed by atoms with van der Waals surface area (Å²) in [5.41, 5.74) is 10.3. The largest absolute Gasteiger partial charge is 0.468 e. The number of fused-ring (bicyclic) bond motifs is 2. The van der Waals surface area contributed by atoms with Crippen LogP contribution in [0.5, 0.6) is 0 Å². The molecule has 1 saturated carbocycles. The molecule has 1 spiro atoms. The molecular formula is C25H26N6O2. The Bertz CT molecular complexity index is 1410. The van der Waals surface area contributed by atoms with E-state index in [1.165, 1.54) is 11.1 Å². The van der Waals surface area contributed by atoms with Gasteiger partial charge in [-0.2, -0.15) is 10.1 Å². The van der Waals surface area contributed by atoms with Crippen molar-refractivity contribution >= 4 is 17.0 Å². The van der Waals surface area contributed by atoms with E-state index in [1.807, 2.05) is 12.1 Å². The lowest BCUT2D eigenvalue weighted by molar-refractivity contribution is 0.187.